The Kier molecular flexibility index (Phi) is 8.22. The highest BCUT2D eigenvalue weighted by molar-refractivity contribution is 5.91. The van der Waals surface area contributed by atoms with Gasteiger partial charge < -0.3 is 29.2 Å². The summed E-state index contributed by atoms with van der Waals surface area (Å²) in [6, 6.07) is 6.62. The summed E-state index contributed by atoms with van der Waals surface area (Å²) < 4.78 is 20.0. The number of hydrogen-bond acceptors (Lipinski definition) is 7. The molecule has 3 aliphatic heterocycles. The number of piperazine rings is 1. The second-order valence-electron chi connectivity index (χ2n) is 11.1. The van der Waals surface area contributed by atoms with Crippen LogP contribution in [0.4, 0.5) is 15.9 Å². The molecule has 0 unspecified atom stereocenters. The van der Waals surface area contributed by atoms with Gasteiger partial charge in [-0.15, -0.1) is 0 Å². The summed E-state index contributed by atoms with van der Waals surface area (Å²) in [7, 11) is 2.12. The maximum absolute atomic E-state index is 13.7. The molecule has 10 heteroatoms. The van der Waals surface area contributed by atoms with Gasteiger partial charge in [-0.25, -0.2) is 11.0 Å². The minimum Gasteiger partial charge on any atom is -0.462 e. The third kappa shape index (κ3) is 5.61. The molecule has 0 saturated carbocycles. The van der Waals surface area contributed by atoms with E-state index in [1.54, 1.807) is 0 Å². The Labute approximate surface area is 236 Å². The lowest BCUT2D eigenvalue weighted by Gasteiger charge is -2.41. The molecule has 2 aromatic rings. The second-order valence-corrected chi connectivity index (χ2v) is 11.1. The number of amides is 1. The van der Waals surface area contributed by atoms with Crippen molar-refractivity contribution in [1.29, 1.82) is 0 Å². The van der Waals surface area contributed by atoms with Gasteiger partial charge in [0.1, 0.15) is 18.5 Å². The predicted octanol–water partition coefficient (Wildman–Crippen LogP) is 3.55. The van der Waals surface area contributed by atoms with Crippen LogP contribution in [0.15, 0.2) is 30.6 Å². The molecular formula is C30H38FN7O2. The van der Waals surface area contributed by atoms with Crippen molar-refractivity contribution >= 4 is 17.4 Å². The summed E-state index contributed by atoms with van der Waals surface area (Å²) in [5.74, 6) is -0.949. The molecule has 1 aromatic carbocycles. The van der Waals surface area contributed by atoms with Crippen molar-refractivity contribution < 1.29 is 13.9 Å². The van der Waals surface area contributed by atoms with E-state index in [9.17, 15) is 9.18 Å². The lowest BCUT2D eigenvalue weighted by atomic mass is 10.0. The molecular weight excluding hydrogens is 509 g/mol. The van der Waals surface area contributed by atoms with Gasteiger partial charge in [0.15, 0.2) is 5.83 Å². The Morgan fingerprint density at radius 1 is 1.18 bits per heavy atom. The van der Waals surface area contributed by atoms with Crippen LogP contribution in [-0.4, -0.2) is 90.7 Å². The van der Waals surface area contributed by atoms with E-state index in [1.807, 2.05) is 0 Å². The first kappa shape index (κ1) is 27.8. The molecule has 2 fully saturated rings. The Balaban J connectivity index is 1.46. The number of likely N-dealkylation sites (N-methyl/N-ethyl adjacent to an activating group) is 1. The maximum Gasteiger partial charge on any atom is 0.318 e. The third-order valence-electron chi connectivity index (χ3n) is 8.59. The van der Waals surface area contributed by atoms with E-state index in [-0.39, 0.29) is 6.54 Å². The number of carbonyl (C=O) groups is 1. The fourth-order valence-corrected chi connectivity index (χ4v) is 6.09. The smallest absolute Gasteiger partial charge is 0.318 e. The van der Waals surface area contributed by atoms with Gasteiger partial charge in [0.2, 0.25) is 6.54 Å². The van der Waals surface area contributed by atoms with Crippen molar-refractivity contribution in [3.63, 3.8) is 0 Å². The molecule has 0 N–H and O–H groups in total. The fourth-order valence-electron chi connectivity index (χ4n) is 6.09. The quantitative estimate of drug-likeness (QED) is 0.388. The van der Waals surface area contributed by atoms with E-state index in [2.05, 4.69) is 65.2 Å². The van der Waals surface area contributed by atoms with E-state index in [0.717, 1.165) is 49.4 Å². The molecule has 1 amide bonds. The number of carbonyl (C=O) groups excluding carboxylic acids is 1. The Morgan fingerprint density at radius 2 is 2.00 bits per heavy atom. The van der Waals surface area contributed by atoms with Crippen LogP contribution in [0.3, 0.4) is 0 Å². The van der Waals surface area contributed by atoms with Gasteiger partial charge in [0.05, 0.1) is 12.2 Å². The van der Waals surface area contributed by atoms with Crippen molar-refractivity contribution in [1.82, 2.24) is 19.8 Å². The van der Waals surface area contributed by atoms with Crippen LogP contribution in [0.2, 0.25) is 0 Å². The van der Waals surface area contributed by atoms with E-state index in [1.165, 1.54) is 21.7 Å². The molecule has 40 heavy (non-hydrogen) atoms. The standard InChI is InChI=1S/C30H38FN7O2/c1-20-8-6-10-27(21(20)2)36-13-11-25-26(18-36)33-30(40-19-23-9-7-12-35(23)5)34-28(25)37-14-15-38(29(39)22(3)31)24(17-37)16-32-4/h6,8,10,23-24H,3,7,9,11-19H2,1-2,5H3/t23-,24-/m0/s1. The fraction of sp³-hybridized carbons (Fsp3) is 0.533. The minimum absolute atomic E-state index is 0.0839. The average molecular weight is 548 g/mol. The molecule has 1 aromatic heterocycles. The summed E-state index contributed by atoms with van der Waals surface area (Å²) in [5, 5.41) is 0. The first-order valence-corrected chi connectivity index (χ1v) is 14.0. The lowest BCUT2D eigenvalue weighted by Crippen LogP contribution is -2.57. The Morgan fingerprint density at radius 3 is 2.73 bits per heavy atom. The summed E-state index contributed by atoms with van der Waals surface area (Å²) in [6.45, 7) is 19.2. The van der Waals surface area contributed by atoms with E-state index >= 15 is 0 Å². The molecule has 4 heterocycles. The van der Waals surface area contributed by atoms with Crippen LogP contribution >= 0.6 is 0 Å². The zero-order chi connectivity index (χ0) is 28.4. The van der Waals surface area contributed by atoms with E-state index in [0.29, 0.717) is 44.8 Å². The second kappa shape index (κ2) is 11.8. The summed E-state index contributed by atoms with van der Waals surface area (Å²) in [4.78, 5) is 34.0. The molecule has 5 rings (SSSR count). The van der Waals surface area contributed by atoms with Gasteiger partial charge in [-0.1, -0.05) is 18.7 Å². The first-order valence-electron chi connectivity index (χ1n) is 14.0. The molecule has 0 bridgehead atoms. The van der Waals surface area contributed by atoms with Crippen molar-refractivity contribution in [3.05, 3.63) is 64.4 Å². The number of anilines is 2. The maximum atomic E-state index is 13.7. The van der Waals surface area contributed by atoms with E-state index in [4.69, 9.17) is 21.3 Å². The lowest BCUT2D eigenvalue weighted by molar-refractivity contribution is -0.131. The van der Waals surface area contributed by atoms with Gasteiger partial charge in [0, 0.05) is 43.5 Å². The summed E-state index contributed by atoms with van der Waals surface area (Å²) >= 11 is 0. The van der Waals surface area contributed by atoms with Gasteiger partial charge in [0.25, 0.3) is 5.91 Å². The average Bonchev–Trinajstić information content (AvgIpc) is 3.36. The number of ether oxygens (including phenoxy) is 1. The van der Waals surface area contributed by atoms with Crippen molar-refractivity contribution in [3.8, 4) is 6.01 Å². The van der Waals surface area contributed by atoms with Crippen LogP contribution in [0, 0.1) is 20.4 Å². The summed E-state index contributed by atoms with van der Waals surface area (Å²) in [5.41, 5.74) is 5.73. The Hall–Kier alpha value is -3.71. The zero-order valence-corrected chi connectivity index (χ0v) is 23.7. The molecule has 9 nitrogen and oxygen atoms in total. The number of halogens is 1. The van der Waals surface area contributed by atoms with Crippen LogP contribution in [0.1, 0.15) is 35.2 Å². The highest BCUT2D eigenvalue weighted by Gasteiger charge is 2.36. The van der Waals surface area contributed by atoms with Crippen LogP contribution in [0.5, 0.6) is 6.01 Å². The number of benzene rings is 1. The number of aromatic nitrogens is 2. The van der Waals surface area contributed by atoms with Gasteiger partial charge >= 0.3 is 6.01 Å². The number of likely N-dealkylation sites (tertiary alicyclic amines) is 1. The molecule has 0 spiro atoms. The molecule has 212 valence electrons. The molecule has 0 radical (unpaired) electrons. The van der Waals surface area contributed by atoms with Gasteiger partial charge in [-0.2, -0.15) is 9.97 Å². The topological polar surface area (TPSA) is 69.4 Å². The third-order valence-corrected chi connectivity index (χ3v) is 8.59. The van der Waals surface area contributed by atoms with Crippen molar-refractivity contribution in [2.75, 3.05) is 62.7 Å². The minimum atomic E-state index is -0.998. The van der Waals surface area contributed by atoms with Crippen LogP contribution in [-0.2, 0) is 17.8 Å². The number of rotatable bonds is 7. The summed E-state index contributed by atoms with van der Waals surface area (Å²) in [6.07, 6.45) is 3.00. The normalized spacial score (nSPS) is 21.2. The van der Waals surface area contributed by atoms with Crippen molar-refractivity contribution in [2.45, 2.75) is 51.7 Å². The largest absolute Gasteiger partial charge is 0.462 e. The van der Waals surface area contributed by atoms with Crippen LogP contribution < -0.4 is 14.5 Å². The van der Waals surface area contributed by atoms with Gasteiger partial charge in [-0.3, -0.25) is 4.79 Å². The molecule has 2 saturated heterocycles. The zero-order valence-electron chi connectivity index (χ0n) is 23.7. The molecule has 3 aliphatic rings. The van der Waals surface area contributed by atoms with Crippen LogP contribution in [0.25, 0.3) is 4.85 Å². The molecule has 0 aliphatic carbocycles. The predicted molar refractivity (Wildman–Crippen MR) is 153 cm³/mol. The number of aryl methyl sites for hydroxylation is 1. The SMILES string of the molecule is [C-]#[N+]C[C@H]1CN(c2nc(OC[C@@H]3CCCN3C)nc3c2CCN(c2cccc(C)c2C)C3)CCN1C(=O)C(=C)F. The van der Waals surface area contributed by atoms with E-state index < -0.39 is 17.8 Å². The number of nitrogens with zero attached hydrogens (tertiary/aromatic N) is 7. The number of fused-ring (bicyclic) bond motifs is 1. The molecule has 2 atom stereocenters. The highest BCUT2D eigenvalue weighted by Crippen LogP contribution is 2.34. The number of hydrogen-bond donors (Lipinski definition) is 0. The Bertz CT molecular complexity index is 1330. The highest BCUT2D eigenvalue weighted by atomic mass is 19.1. The van der Waals surface area contributed by atoms with Gasteiger partial charge in [-0.05, 0) is 63.9 Å². The van der Waals surface area contributed by atoms with Crippen molar-refractivity contribution in [2.24, 2.45) is 0 Å². The monoisotopic (exact) mass is 547 g/mol. The first-order chi connectivity index (χ1) is 19.3.